The first-order chi connectivity index (χ1) is 18.9. The molecule has 2 unspecified atom stereocenters. The number of amides is 2. The molecule has 39 heavy (non-hydrogen) atoms. The van der Waals surface area contributed by atoms with Gasteiger partial charge in [-0.2, -0.15) is 0 Å². The van der Waals surface area contributed by atoms with Gasteiger partial charge in [0.05, 0.1) is 0 Å². The summed E-state index contributed by atoms with van der Waals surface area (Å²) < 4.78 is 5.91. The van der Waals surface area contributed by atoms with Crippen LogP contribution < -0.4 is 15.4 Å². The van der Waals surface area contributed by atoms with Gasteiger partial charge in [-0.05, 0) is 73.9 Å². The highest BCUT2D eigenvalue weighted by atomic mass is 16.5. The van der Waals surface area contributed by atoms with Crippen LogP contribution >= 0.6 is 0 Å². The number of hydrogen-bond donors (Lipinski definition) is 2. The Morgan fingerprint density at radius 2 is 1.41 bits per heavy atom. The highest BCUT2D eigenvalue weighted by Crippen LogP contribution is 2.22. The third kappa shape index (κ3) is 11.1. The van der Waals surface area contributed by atoms with Gasteiger partial charge in [0.1, 0.15) is 17.8 Å². The summed E-state index contributed by atoms with van der Waals surface area (Å²) in [5, 5.41) is 6.34. The summed E-state index contributed by atoms with van der Waals surface area (Å²) in [6.45, 7) is 4.35. The van der Waals surface area contributed by atoms with Crippen LogP contribution in [-0.4, -0.2) is 30.2 Å². The van der Waals surface area contributed by atoms with E-state index in [1.807, 2.05) is 72.8 Å². The second-order valence-electron chi connectivity index (χ2n) is 10.3. The minimum atomic E-state index is -0.142. The van der Waals surface area contributed by atoms with Crippen molar-refractivity contribution in [1.82, 2.24) is 10.6 Å². The molecule has 3 aromatic carbocycles. The van der Waals surface area contributed by atoms with E-state index in [0.717, 1.165) is 31.1 Å². The molecular formula is C33H40N2O4. The second kappa shape index (κ2) is 16.1. The quantitative estimate of drug-likeness (QED) is 0.208. The van der Waals surface area contributed by atoms with Gasteiger partial charge in [0.25, 0.3) is 5.91 Å². The third-order valence-corrected chi connectivity index (χ3v) is 6.55. The molecule has 6 nitrogen and oxygen atoms in total. The second-order valence-corrected chi connectivity index (χ2v) is 10.3. The zero-order valence-corrected chi connectivity index (χ0v) is 23.0. The first-order valence-electron chi connectivity index (χ1n) is 13.8. The number of nitrogens with one attached hydrogen (secondary N) is 2. The highest BCUT2D eigenvalue weighted by Gasteiger charge is 2.19. The molecule has 0 aliphatic heterocycles. The maximum Gasteiger partial charge on any atom is 0.251 e. The van der Waals surface area contributed by atoms with E-state index in [0.29, 0.717) is 35.8 Å². The lowest BCUT2D eigenvalue weighted by Gasteiger charge is -2.24. The summed E-state index contributed by atoms with van der Waals surface area (Å²) >= 11 is 0. The fourth-order valence-corrected chi connectivity index (χ4v) is 4.43. The van der Waals surface area contributed by atoms with Crippen LogP contribution in [0.15, 0.2) is 84.9 Å². The topological polar surface area (TPSA) is 84.5 Å². The smallest absolute Gasteiger partial charge is 0.251 e. The highest BCUT2D eigenvalue weighted by molar-refractivity contribution is 5.94. The monoisotopic (exact) mass is 528 g/mol. The van der Waals surface area contributed by atoms with Crippen LogP contribution in [0.3, 0.4) is 0 Å². The summed E-state index contributed by atoms with van der Waals surface area (Å²) in [5.41, 5.74) is 1.68. The van der Waals surface area contributed by atoms with Crippen LogP contribution in [0.2, 0.25) is 0 Å². The van der Waals surface area contributed by atoms with E-state index in [4.69, 9.17) is 4.74 Å². The fourth-order valence-electron chi connectivity index (χ4n) is 4.43. The predicted molar refractivity (Wildman–Crippen MR) is 155 cm³/mol. The van der Waals surface area contributed by atoms with Crippen molar-refractivity contribution in [1.29, 1.82) is 0 Å². The summed E-state index contributed by atoms with van der Waals surface area (Å²) in [4.78, 5) is 36.4. The van der Waals surface area contributed by atoms with Crippen molar-refractivity contribution in [2.24, 2.45) is 5.92 Å². The molecule has 0 saturated carbocycles. The summed E-state index contributed by atoms with van der Waals surface area (Å²) in [5.74, 6) is 1.56. The fraction of sp³-hybridized carbons (Fsp3) is 0.364. The standard InChI is InChI=1S/C33H40N2O4/c1-25(2)18-19-28(20-21-29(34-32(37)17-10-22-36)23-26-11-5-3-6-12-26)35-33(38)27-13-9-16-31(24-27)39-30-14-7-4-8-15-30/h3-9,11-16,22,24-25,28-29H,10,17-21,23H2,1-2H3,(H,34,37)(H,35,38). The summed E-state index contributed by atoms with van der Waals surface area (Å²) in [6.07, 6.45) is 5.12. The van der Waals surface area contributed by atoms with E-state index < -0.39 is 0 Å². The van der Waals surface area contributed by atoms with Gasteiger partial charge < -0.3 is 20.2 Å². The van der Waals surface area contributed by atoms with Crippen LogP contribution in [-0.2, 0) is 16.0 Å². The van der Waals surface area contributed by atoms with Gasteiger partial charge in [-0.25, -0.2) is 0 Å². The molecule has 0 radical (unpaired) electrons. The summed E-state index contributed by atoms with van der Waals surface area (Å²) in [6, 6.07) is 26.6. The molecule has 0 heterocycles. The number of hydrogen-bond acceptors (Lipinski definition) is 4. The van der Waals surface area contributed by atoms with Gasteiger partial charge in [-0.1, -0.05) is 68.4 Å². The molecule has 0 aliphatic rings. The molecular weight excluding hydrogens is 488 g/mol. The van der Waals surface area contributed by atoms with Crippen LogP contribution in [0, 0.1) is 5.92 Å². The number of rotatable bonds is 16. The van der Waals surface area contributed by atoms with Gasteiger partial charge in [-0.3, -0.25) is 9.59 Å². The molecule has 0 saturated heterocycles. The molecule has 3 rings (SSSR count). The Morgan fingerprint density at radius 1 is 0.769 bits per heavy atom. The summed E-state index contributed by atoms with van der Waals surface area (Å²) in [7, 11) is 0. The predicted octanol–water partition coefficient (Wildman–Crippen LogP) is 6.50. The number of carbonyl (C=O) groups is 3. The molecule has 0 bridgehead atoms. The SMILES string of the molecule is CC(C)CCC(CCC(Cc1ccccc1)NC(=O)CCC=O)NC(=O)c1cccc(Oc2ccccc2)c1. The van der Waals surface area contributed by atoms with Crippen molar-refractivity contribution in [2.75, 3.05) is 0 Å². The number of ether oxygens (including phenoxy) is 1. The lowest BCUT2D eigenvalue weighted by Crippen LogP contribution is -2.40. The van der Waals surface area contributed by atoms with Gasteiger partial charge in [-0.15, -0.1) is 0 Å². The van der Waals surface area contributed by atoms with Gasteiger partial charge in [0.15, 0.2) is 0 Å². The van der Waals surface area contributed by atoms with Gasteiger partial charge in [0.2, 0.25) is 5.91 Å². The van der Waals surface area contributed by atoms with E-state index in [1.54, 1.807) is 12.1 Å². The maximum absolute atomic E-state index is 13.3. The molecule has 2 N–H and O–H groups in total. The Bertz CT molecular complexity index is 1160. The number of para-hydroxylation sites is 1. The molecule has 0 fully saturated rings. The normalized spacial score (nSPS) is 12.4. The van der Waals surface area contributed by atoms with Crippen molar-refractivity contribution in [2.45, 2.75) is 70.9 Å². The first-order valence-corrected chi connectivity index (χ1v) is 13.8. The third-order valence-electron chi connectivity index (χ3n) is 6.55. The van der Waals surface area contributed by atoms with Crippen LogP contribution in [0.1, 0.15) is 68.3 Å². The molecule has 3 aromatic rings. The van der Waals surface area contributed by atoms with Gasteiger partial charge in [0, 0.05) is 30.5 Å². The first kappa shape index (κ1) is 29.6. The number of aldehydes is 1. The van der Waals surface area contributed by atoms with Crippen LogP contribution in [0.5, 0.6) is 11.5 Å². The molecule has 0 aliphatic carbocycles. The minimum Gasteiger partial charge on any atom is -0.457 e. The molecule has 206 valence electrons. The largest absolute Gasteiger partial charge is 0.457 e. The van der Waals surface area contributed by atoms with Crippen molar-refractivity contribution >= 4 is 18.1 Å². The van der Waals surface area contributed by atoms with E-state index in [1.165, 1.54) is 0 Å². The van der Waals surface area contributed by atoms with Crippen molar-refractivity contribution < 1.29 is 19.1 Å². The Kier molecular flexibility index (Phi) is 12.2. The van der Waals surface area contributed by atoms with Crippen LogP contribution in [0.4, 0.5) is 0 Å². The zero-order chi connectivity index (χ0) is 27.9. The Balaban J connectivity index is 1.67. The minimum absolute atomic E-state index is 0.0382. The van der Waals surface area contributed by atoms with E-state index in [9.17, 15) is 14.4 Å². The molecule has 6 heteroatoms. The Hall–Kier alpha value is -3.93. The van der Waals surface area contributed by atoms with Crippen molar-refractivity contribution in [3.8, 4) is 11.5 Å². The van der Waals surface area contributed by atoms with E-state index in [2.05, 4.69) is 24.5 Å². The van der Waals surface area contributed by atoms with Gasteiger partial charge >= 0.3 is 0 Å². The van der Waals surface area contributed by atoms with E-state index >= 15 is 0 Å². The molecule has 2 amide bonds. The molecule has 0 spiro atoms. The number of benzene rings is 3. The van der Waals surface area contributed by atoms with Crippen molar-refractivity contribution in [3.05, 3.63) is 96.1 Å². The lowest BCUT2D eigenvalue weighted by molar-refractivity contribution is -0.123. The van der Waals surface area contributed by atoms with Crippen LogP contribution in [0.25, 0.3) is 0 Å². The average Bonchev–Trinajstić information content (AvgIpc) is 2.94. The maximum atomic E-state index is 13.3. The zero-order valence-electron chi connectivity index (χ0n) is 23.0. The number of carbonyl (C=O) groups excluding carboxylic acids is 3. The average molecular weight is 529 g/mol. The molecule has 2 atom stereocenters. The Labute approximate surface area is 232 Å². The van der Waals surface area contributed by atoms with E-state index in [-0.39, 0.29) is 36.7 Å². The lowest BCUT2D eigenvalue weighted by atomic mass is 9.95. The van der Waals surface area contributed by atoms with Crippen molar-refractivity contribution in [3.63, 3.8) is 0 Å². The Morgan fingerprint density at radius 3 is 2.10 bits per heavy atom. The molecule has 0 aromatic heterocycles.